The Balaban J connectivity index is 0. The Morgan fingerprint density at radius 2 is 1.19 bits per heavy atom. The summed E-state index contributed by atoms with van der Waals surface area (Å²) in [5.74, 6) is 0. The molecule has 0 heterocycles. The van der Waals surface area contributed by atoms with E-state index in [9.17, 15) is 0 Å². The van der Waals surface area contributed by atoms with Crippen LogP contribution in [0.1, 0.15) is 72.9 Å². The summed E-state index contributed by atoms with van der Waals surface area (Å²) in [4.78, 5) is 0. The van der Waals surface area contributed by atoms with E-state index in [-0.39, 0.29) is 0 Å². The number of nitrogens with one attached hydrogen (secondary N) is 1. The van der Waals surface area contributed by atoms with Crippen molar-refractivity contribution in [2.75, 3.05) is 7.05 Å². The monoisotopic (exact) mass is 355 g/mol. The number of benzene rings is 2. The largest absolute Gasteiger partial charge is 0.388 e. The molecule has 2 aromatic carbocycles. The molecule has 0 aromatic heterocycles. The van der Waals surface area contributed by atoms with E-state index in [1.165, 1.54) is 28.7 Å². The summed E-state index contributed by atoms with van der Waals surface area (Å²) in [7, 11) is 1.95. The van der Waals surface area contributed by atoms with Gasteiger partial charge < -0.3 is 5.32 Å². The van der Waals surface area contributed by atoms with Crippen molar-refractivity contribution < 1.29 is 0 Å². The van der Waals surface area contributed by atoms with Gasteiger partial charge in [-0.05, 0) is 35.6 Å². The molecule has 0 aliphatic heterocycles. The van der Waals surface area contributed by atoms with E-state index in [1.54, 1.807) is 0 Å². The highest BCUT2D eigenvalue weighted by atomic mass is 14.8. The lowest BCUT2D eigenvalue weighted by molar-refractivity contribution is 0.922. The third-order valence-electron chi connectivity index (χ3n) is 3.58. The van der Waals surface area contributed by atoms with Crippen LogP contribution in [0.25, 0.3) is 16.8 Å². The van der Waals surface area contributed by atoms with Gasteiger partial charge in [-0.2, -0.15) is 0 Å². The van der Waals surface area contributed by atoms with Crippen LogP contribution in [-0.4, -0.2) is 7.05 Å². The third-order valence-corrected chi connectivity index (χ3v) is 3.58. The molecule has 0 saturated heterocycles. The molecule has 0 bridgehead atoms. The van der Waals surface area contributed by atoms with Gasteiger partial charge in [-0.3, -0.25) is 0 Å². The second-order valence-electron chi connectivity index (χ2n) is 4.98. The molecule has 0 aliphatic rings. The van der Waals surface area contributed by atoms with Crippen molar-refractivity contribution in [2.24, 2.45) is 0 Å². The molecule has 0 unspecified atom stereocenters. The zero-order valence-corrected chi connectivity index (χ0v) is 18.6. The van der Waals surface area contributed by atoms with Crippen LogP contribution in [0.4, 0.5) is 0 Å². The average molecular weight is 356 g/mol. The van der Waals surface area contributed by atoms with Crippen molar-refractivity contribution >= 4 is 5.70 Å². The van der Waals surface area contributed by atoms with Gasteiger partial charge in [0.2, 0.25) is 0 Å². The Kier molecular flexibility index (Phi) is 17.9. The van der Waals surface area contributed by atoms with Crippen molar-refractivity contribution in [2.45, 2.75) is 68.2 Å². The third kappa shape index (κ3) is 8.89. The predicted octanol–water partition coefficient (Wildman–Crippen LogP) is 7.96. The summed E-state index contributed by atoms with van der Waals surface area (Å²) < 4.78 is 0. The van der Waals surface area contributed by atoms with Crippen LogP contribution in [0.2, 0.25) is 0 Å². The fourth-order valence-electron chi connectivity index (χ4n) is 2.45. The molecular formula is C25H41N. The van der Waals surface area contributed by atoms with Gasteiger partial charge >= 0.3 is 0 Å². The maximum absolute atomic E-state index is 3.21. The SMILES string of the molecule is C/C=C(\NC)c1ccc(-c2ccc(CCC)cc2)cc1.CC.CC.CC. The Morgan fingerprint density at radius 1 is 0.769 bits per heavy atom. The molecule has 0 saturated carbocycles. The lowest BCUT2D eigenvalue weighted by Crippen LogP contribution is -2.03. The van der Waals surface area contributed by atoms with Gasteiger partial charge in [-0.15, -0.1) is 0 Å². The van der Waals surface area contributed by atoms with Crippen LogP contribution in [0.3, 0.4) is 0 Å². The zero-order valence-electron chi connectivity index (χ0n) is 18.6. The number of hydrogen-bond acceptors (Lipinski definition) is 1. The molecule has 2 aromatic rings. The van der Waals surface area contributed by atoms with E-state index < -0.39 is 0 Å². The number of aryl methyl sites for hydroxylation is 1. The van der Waals surface area contributed by atoms with Crippen LogP contribution < -0.4 is 5.32 Å². The number of hydrogen-bond donors (Lipinski definition) is 1. The molecule has 0 fully saturated rings. The van der Waals surface area contributed by atoms with Crippen LogP contribution >= 0.6 is 0 Å². The summed E-state index contributed by atoms with van der Waals surface area (Å²) in [5, 5.41) is 3.21. The number of rotatable bonds is 5. The summed E-state index contributed by atoms with van der Waals surface area (Å²) in [6, 6.07) is 17.6. The Labute approximate surface area is 163 Å². The van der Waals surface area contributed by atoms with Gasteiger partial charge in [0.25, 0.3) is 0 Å². The summed E-state index contributed by atoms with van der Waals surface area (Å²) >= 11 is 0. The summed E-state index contributed by atoms with van der Waals surface area (Å²) in [6.45, 7) is 16.3. The first-order chi connectivity index (χ1) is 12.8. The molecule has 2 rings (SSSR count). The molecule has 0 amide bonds. The zero-order chi connectivity index (χ0) is 20.4. The highest BCUT2D eigenvalue weighted by Crippen LogP contribution is 2.22. The summed E-state index contributed by atoms with van der Waals surface area (Å²) in [6.07, 6.45) is 4.45. The highest BCUT2D eigenvalue weighted by molar-refractivity contribution is 5.69. The Hall–Kier alpha value is -2.02. The lowest BCUT2D eigenvalue weighted by atomic mass is 10.0. The first-order valence-corrected chi connectivity index (χ1v) is 10.3. The van der Waals surface area contributed by atoms with Crippen molar-refractivity contribution in [3.8, 4) is 11.1 Å². The molecule has 0 aliphatic carbocycles. The van der Waals surface area contributed by atoms with Gasteiger partial charge in [0, 0.05) is 12.7 Å². The van der Waals surface area contributed by atoms with Gasteiger partial charge in [-0.25, -0.2) is 0 Å². The minimum atomic E-state index is 1.16. The molecule has 0 atom stereocenters. The summed E-state index contributed by atoms with van der Waals surface area (Å²) in [5.41, 5.74) is 6.35. The van der Waals surface area contributed by atoms with Gasteiger partial charge in [0.15, 0.2) is 0 Å². The molecular weight excluding hydrogens is 314 g/mol. The quantitative estimate of drug-likeness (QED) is 0.573. The van der Waals surface area contributed by atoms with E-state index >= 15 is 0 Å². The van der Waals surface area contributed by atoms with Crippen molar-refractivity contribution in [1.29, 1.82) is 0 Å². The van der Waals surface area contributed by atoms with Crippen LogP contribution in [0.15, 0.2) is 54.6 Å². The topological polar surface area (TPSA) is 12.0 Å². The Bertz CT molecular complexity index is 562. The predicted molar refractivity (Wildman–Crippen MR) is 123 cm³/mol. The minimum Gasteiger partial charge on any atom is -0.388 e. The van der Waals surface area contributed by atoms with E-state index in [1.807, 2.05) is 55.5 Å². The lowest BCUT2D eigenvalue weighted by Gasteiger charge is -2.08. The highest BCUT2D eigenvalue weighted by Gasteiger charge is 2.01. The second kappa shape index (κ2) is 17.8. The standard InChI is InChI=1S/C19H23N.3C2H6/c1-4-6-15-7-9-16(10-8-15)17-11-13-18(14-12-17)19(5-2)20-3;3*1-2/h5,7-14,20H,4,6H2,1-3H3;3*1-2H3/b19-5-;;;. The van der Waals surface area contributed by atoms with Crippen LogP contribution in [0.5, 0.6) is 0 Å². The fraction of sp³-hybridized carbons (Fsp3) is 0.440. The smallest absolute Gasteiger partial charge is 0.0367 e. The molecule has 0 radical (unpaired) electrons. The van der Waals surface area contributed by atoms with E-state index in [2.05, 4.69) is 66.8 Å². The second-order valence-corrected chi connectivity index (χ2v) is 4.98. The maximum atomic E-state index is 3.21. The van der Waals surface area contributed by atoms with E-state index in [0.717, 1.165) is 12.1 Å². The van der Waals surface area contributed by atoms with E-state index in [0.29, 0.717) is 0 Å². The van der Waals surface area contributed by atoms with Gasteiger partial charge in [0.05, 0.1) is 0 Å². The van der Waals surface area contributed by atoms with E-state index in [4.69, 9.17) is 0 Å². The number of allylic oxidation sites excluding steroid dienone is 1. The van der Waals surface area contributed by atoms with Crippen molar-refractivity contribution in [3.63, 3.8) is 0 Å². The molecule has 1 N–H and O–H groups in total. The maximum Gasteiger partial charge on any atom is 0.0367 e. The first-order valence-electron chi connectivity index (χ1n) is 10.3. The van der Waals surface area contributed by atoms with Gasteiger partial charge in [0.1, 0.15) is 0 Å². The van der Waals surface area contributed by atoms with Crippen LogP contribution in [-0.2, 0) is 6.42 Å². The first kappa shape index (κ1) is 26.2. The minimum absolute atomic E-state index is 1.16. The van der Waals surface area contributed by atoms with Crippen molar-refractivity contribution in [3.05, 3.63) is 65.7 Å². The molecule has 26 heavy (non-hydrogen) atoms. The molecule has 1 nitrogen and oxygen atoms in total. The molecule has 146 valence electrons. The normalized spacial score (nSPS) is 9.50. The molecule has 0 spiro atoms. The van der Waals surface area contributed by atoms with Crippen LogP contribution in [0, 0.1) is 0 Å². The van der Waals surface area contributed by atoms with Gasteiger partial charge in [-0.1, -0.05) is 109 Å². The Morgan fingerprint density at radius 3 is 1.54 bits per heavy atom. The fourth-order valence-corrected chi connectivity index (χ4v) is 2.45. The molecule has 1 heteroatoms. The van der Waals surface area contributed by atoms with Crippen molar-refractivity contribution in [1.82, 2.24) is 5.32 Å². The average Bonchev–Trinajstić information content (AvgIpc) is 2.75.